The molecule has 0 spiro atoms. The average Bonchev–Trinajstić information content (AvgIpc) is 2.08. The van der Waals surface area contributed by atoms with Crippen LogP contribution in [0.1, 0.15) is 19.3 Å². The van der Waals surface area contributed by atoms with Crippen molar-refractivity contribution in [2.75, 3.05) is 19.6 Å². The normalized spacial score (nSPS) is 42.4. The molecule has 0 atom stereocenters. The van der Waals surface area contributed by atoms with Crippen molar-refractivity contribution in [3.05, 3.63) is 0 Å². The van der Waals surface area contributed by atoms with Gasteiger partial charge in [-0.05, 0) is 5.92 Å². The largest absolute Gasteiger partial charge is 0.513 e. The summed E-state index contributed by atoms with van der Waals surface area (Å²) in [5.74, 6) is 0.842. The Hall–Kier alpha value is -0.570. The monoisotopic (exact) mass is 156 g/mol. The van der Waals surface area contributed by atoms with Crippen molar-refractivity contribution < 1.29 is 14.4 Å². The number of piperidine rings is 3. The molecule has 3 rings (SSSR count). The van der Waals surface area contributed by atoms with Gasteiger partial charge in [-0.2, -0.15) is 4.79 Å². The van der Waals surface area contributed by atoms with Crippen molar-refractivity contribution in [2.24, 2.45) is 5.92 Å². The van der Waals surface area contributed by atoms with Gasteiger partial charge in [0.25, 0.3) is 0 Å². The number of rotatable bonds is 0. The number of carboxylic acid groups (broad SMARTS) is 1. The van der Waals surface area contributed by atoms with E-state index in [0.717, 1.165) is 44.8 Å². The molecule has 0 radical (unpaired) electrons. The molecule has 3 aliphatic heterocycles. The highest BCUT2D eigenvalue weighted by molar-refractivity contribution is 5.57. The first kappa shape index (κ1) is 7.10. The van der Waals surface area contributed by atoms with E-state index in [0.29, 0.717) is 4.48 Å². The quantitative estimate of drug-likeness (QED) is 0.537. The van der Waals surface area contributed by atoms with Crippen molar-refractivity contribution in [3.63, 3.8) is 0 Å². The zero-order valence-electron chi connectivity index (χ0n) is 6.62. The summed E-state index contributed by atoms with van der Waals surface area (Å²) in [6.45, 7) is 2.62. The van der Waals surface area contributed by atoms with Crippen LogP contribution in [0.2, 0.25) is 0 Å². The van der Waals surface area contributed by atoms with Gasteiger partial charge in [-0.1, -0.05) is 0 Å². The zero-order valence-corrected chi connectivity index (χ0v) is 6.62. The maximum absolute atomic E-state index is 10.9. The molecule has 0 aromatic carbocycles. The van der Waals surface area contributed by atoms with Gasteiger partial charge < -0.3 is 5.11 Å². The molecule has 2 bridgehead atoms. The lowest BCUT2D eigenvalue weighted by molar-refractivity contribution is -0.874. The molecule has 0 unspecified atom stereocenters. The second-order valence-corrected chi connectivity index (χ2v) is 3.83. The fraction of sp³-hybridized carbons (Fsp3) is 0.875. The molecule has 3 fully saturated rings. The molecule has 0 aliphatic carbocycles. The highest BCUT2D eigenvalue weighted by Gasteiger charge is 2.45. The minimum atomic E-state index is -0.608. The van der Waals surface area contributed by atoms with Gasteiger partial charge in [0, 0.05) is 19.3 Å². The van der Waals surface area contributed by atoms with Crippen LogP contribution in [0, 0.1) is 5.92 Å². The number of quaternary nitrogens is 1. The van der Waals surface area contributed by atoms with Gasteiger partial charge >= 0.3 is 6.09 Å². The molecule has 1 amide bonds. The van der Waals surface area contributed by atoms with Crippen molar-refractivity contribution in [1.82, 2.24) is 0 Å². The van der Waals surface area contributed by atoms with Crippen LogP contribution in [-0.2, 0) is 0 Å². The minimum absolute atomic E-state index is 0.358. The van der Waals surface area contributed by atoms with Crippen LogP contribution in [0.3, 0.4) is 0 Å². The van der Waals surface area contributed by atoms with E-state index >= 15 is 0 Å². The van der Waals surface area contributed by atoms with E-state index in [1.807, 2.05) is 0 Å². The summed E-state index contributed by atoms with van der Waals surface area (Å²) < 4.78 is 0.358. The van der Waals surface area contributed by atoms with Crippen molar-refractivity contribution in [1.29, 1.82) is 0 Å². The molecule has 0 saturated carbocycles. The van der Waals surface area contributed by atoms with E-state index in [9.17, 15) is 4.79 Å². The third kappa shape index (κ3) is 0.948. The summed E-state index contributed by atoms with van der Waals surface area (Å²) >= 11 is 0. The molecule has 3 heteroatoms. The molecule has 1 N–H and O–H groups in total. The Balaban J connectivity index is 2.18. The lowest BCUT2D eigenvalue weighted by Gasteiger charge is -2.44. The van der Waals surface area contributed by atoms with Gasteiger partial charge in [0.05, 0.1) is 19.6 Å². The molecule has 11 heavy (non-hydrogen) atoms. The Kier molecular flexibility index (Phi) is 1.42. The molecule has 62 valence electrons. The van der Waals surface area contributed by atoms with E-state index in [1.165, 1.54) is 0 Å². The second kappa shape index (κ2) is 2.21. The Morgan fingerprint density at radius 1 is 1.18 bits per heavy atom. The maximum Gasteiger partial charge on any atom is 0.513 e. The van der Waals surface area contributed by atoms with E-state index in [1.54, 1.807) is 0 Å². The predicted octanol–water partition coefficient (Wildman–Crippen LogP) is 1.29. The highest BCUT2D eigenvalue weighted by Crippen LogP contribution is 2.33. The van der Waals surface area contributed by atoms with E-state index in [4.69, 9.17) is 5.11 Å². The topological polar surface area (TPSA) is 37.3 Å². The Morgan fingerprint density at radius 3 is 1.91 bits per heavy atom. The van der Waals surface area contributed by atoms with Crippen LogP contribution >= 0.6 is 0 Å². The van der Waals surface area contributed by atoms with Crippen LogP contribution in [0.5, 0.6) is 0 Å². The first-order valence-corrected chi connectivity index (χ1v) is 4.32. The van der Waals surface area contributed by atoms with Crippen LogP contribution in [0.15, 0.2) is 0 Å². The molecule has 3 nitrogen and oxygen atoms in total. The fourth-order valence-corrected chi connectivity index (χ4v) is 2.34. The standard InChI is InChI=1S/C8H13NO2/c10-8(11)9-4-1-7(2-5-9)3-6-9/h7H,1-6H2/p+1. The van der Waals surface area contributed by atoms with Gasteiger partial charge in [-0.15, -0.1) is 0 Å². The Labute approximate surface area is 66.2 Å². The van der Waals surface area contributed by atoms with Gasteiger partial charge in [-0.25, -0.2) is 4.48 Å². The van der Waals surface area contributed by atoms with Gasteiger partial charge in [0.1, 0.15) is 0 Å². The van der Waals surface area contributed by atoms with Gasteiger partial charge in [0.2, 0.25) is 0 Å². The summed E-state index contributed by atoms with van der Waals surface area (Å²) in [5.41, 5.74) is 0. The highest BCUT2D eigenvalue weighted by atomic mass is 16.4. The number of hydrogen-bond donors (Lipinski definition) is 1. The summed E-state index contributed by atoms with van der Waals surface area (Å²) in [7, 11) is 0. The van der Waals surface area contributed by atoms with Crippen LogP contribution in [0.25, 0.3) is 0 Å². The van der Waals surface area contributed by atoms with Crippen LogP contribution in [0.4, 0.5) is 4.79 Å². The predicted molar refractivity (Wildman–Crippen MR) is 40.2 cm³/mol. The summed E-state index contributed by atoms with van der Waals surface area (Å²) in [6, 6.07) is 0. The number of hydrogen-bond acceptors (Lipinski definition) is 1. The molecule has 0 aromatic heterocycles. The van der Waals surface area contributed by atoms with Crippen molar-refractivity contribution in [2.45, 2.75) is 19.3 Å². The average molecular weight is 156 g/mol. The van der Waals surface area contributed by atoms with E-state index in [2.05, 4.69) is 0 Å². The fourth-order valence-electron chi connectivity index (χ4n) is 2.34. The van der Waals surface area contributed by atoms with Gasteiger partial charge in [0.15, 0.2) is 0 Å². The van der Waals surface area contributed by atoms with Crippen molar-refractivity contribution >= 4 is 6.09 Å². The first-order valence-electron chi connectivity index (χ1n) is 4.32. The second-order valence-electron chi connectivity index (χ2n) is 3.83. The Morgan fingerprint density at radius 2 is 1.64 bits per heavy atom. The molecular formula is C8H14NO2+. The molecule has 0 aromatic rings. The number of carbonyl (C=O) groups is 1. The maximum atomic E-state index is 10.9. The summed E-state index contributed by atoms with van der Waals surface area (Å²) in [5, 5.41) is 8.99. The number of fused-ring (bicyclic) bond motifs is 3. The first-order chi connectivity index (χ1) is 5.23. The summed E-state index contributed by atoms with van der Waals surface area (Å²) in [4.78, 5) is 10.9. The number of amides is 1. The molecule has 3 heterocycles. The van der Waals surface area contributed by atoms with Crippen LogP contribution < -0.4 is 0 Å². The Bertz CT molecular complexity index is 169. The lowest BCUT2D eigenvalue weighted by atomic mass is 9.86. The van der Waals surface area contributed by atoms with Crippen molar-refractivity contribution in [3.8, 4) is 0 Å². The minimum Gasteiger partial charge on any atom is -0.435 e. The van der Waals surface area contributed by atoms with Crippen LogP contribution in [-0.4, -0.2) is 35.3 Å². The summed E-state index contributed by atoms with van der Waals surface area (Å²) in [6.07, 6.45) is 2.79. The molecule has 3 saturated heterocycles. The van der Waals surface area contributed by atoms with E-state index < -0.39 is 6.09 Å². The third-order valence-electron chi connectivity index (χ3n) is 3.30. The zero-order chi connectivity index (χ0) is 7.90. The van der Waals surface area contributed by atoms with E-state index in [-0.39, 0.29) is 0 Å². The third-order valence-corrected chi connectivity index (χ3v) is 3.30. The lowest BCUT2D eigenvalue weighted by Crippen LogP contribution is -2.60. The van der Waals surface area contributed by atoms with Gasteiger partial charge in [-0.3, -0.25) is 0 Å². The molecule has 3 aliphatic rings. The SMILES string of the molecule is O=C(O)[N+]12CCC(CC1)CC2. The smallest absolute Gasteiger partial charge is 0.435 e. The molecular weight excluding hydrogens is 142 g/mol. The number of nitrogens with zero attached hydrogens (tertiary/aromatic N) is 1.